The Morgan fingerprint density at radius 2 is 2.17 bits per heavy atom. The van der Waals surface area contributed by atoms with Crippen LogP contribution in [0.1, 0.15) is 38.7 Å². The van der Waals surface area contributed by atoms with Crippen molar-refractivity contribution in [3.8, 4) is 11.5 Å². The van der Waals surface area contributed by atoms with E-state index in [0.717, 1.165) is 24.2 Å². The van der Waals surface area contributed by atoms with Crippen molar-refractivity contribution in [2.75, 3.05) is 13.7 Å². The van der Waals surface area contributed by atoms with Crippen LogP contribution in [-0.4, -0.2) is 19.6 Å². The monoisotopic (exact) mass is 317 g/mol. The first-order valence-corrected chi connectivity index (χ1v) is 8.31. The van der Waals surface area contributed by atoms with Crippen LogP contribution in [0.15, 0.2) is 30.4 Å². The Kier molecular flexibility index (Phi) is 6.51. The van der Waals surface area contributed by atoms with Crippen molar-refractivity contribution in [2.24, 2.45) is 11.8 Å². The summed E-state index contributed by atoms with van der Waals surface area (Å²) in [5.74, 6) is 2.41. The van der Waals surface area contributed by atoms with Crippen LogP contribution in [0.25, 0.3) is 0 Å². The molecule has 4 nitrogen and oxygen atoms in total. The highest BCUT2D eigenvalue weighted by Crippen LogP contribution is 2.28. The van der Waals surface area contributed by atoms with E-state index in [1.807, 2.05) is 18.2 Å². The Balaban J connectivity index is 1.87. The largest absolute Gasteiger partial charge is 0.493 e. The van der Waals surface area contributed by atoms with E-state index >= 15 is 0 Å². The molecule has 0 saturated carbocycles. The summed E-state index contributed by atoms with van der Waals surface area (Å²) in [5, 5.41) is 2.98. The fourth-order valence-corrected chi connectivity index (χ4v) is 2.57. The van der Waals surface area contributed by atoms with Gasteiger partial charge in [-0.05, 0) is 42.4 Å². The summed E-state index contributed by atoms with van der Waals surface area (Å²) in [6, 6.07) is 5.79. The van der Waals surface area contributed by atoms with Crippen molar-refractivity contribution in [1.29, 1.82) is 0 Å². The number of nitrogens with one attached hydrogen (secondary N) is 1. The van der Waals surface area contributed by atoms with E-state index in [9.17, 15) is 4.79 Å². The molecular formula is C19H27NO3. The van der Waals surface area contributed by atoms with Crippen molar-refractivity contribution >= 4 is 5.91 Å². The van der Waals surface area contributed by atoms with Crippen molar-refractivity contribution in [3.05, 3.63) is 35.9 Å². The summed E-state index contributed by atoms with van der Waals surface area (Å²) < 4.78 is 11.1. The summed E-state index contributed by atoms with van der Waals surface area (Å²) in [4.78, 5) is 12.0. The van der Waals surface area contributed by atoms with Gasteiger partial charge in [0.05, 0.1) is 13.7 Å². The molecule has 1 aliphatic carbocycles. The quantitative estimate of drug-likeness (QED) is 0.744. The number of carbonyl (C=O) groups is 1. The lowest BCUT2D eigenvalue weighted by molar-refractivity contribution is -0.121. The highest BCUT2D eigenvalue weighted by atomic mass is 16.5. The number of hydrogen-bond donors (Lipinski definition) is 1. The van der Waals surface area contributed by atoms with Crippen molar-refractivity contribution < 1.29 is 14.3 Å². The third-order valence-corrected chi connectivity index (χ3v) is 3.85. The van der Waals surface area contributed by atoms with Crippen molar-refractivity contribution in [3.63, 3.8) is 0 Å². The third kappa shape index (κ3) is 5.62. The minimum Gasteiger partial charge on any atom is -0.493 e. The second kappa shape index (κ2) is 8.61. The number of carbonyl (C=O) groups excluding carboxylic acids is 1. The van der Waals surface area contributed by atoms with E-state index in [0.29, 0.717) is 37.2 Å². The van der Waals surface area contributed by atoms with Gasteiger partial charge >= 0.3 is 0 Å². The zero-order valence-electron chi connectivity index (χ0n) is 14.3. The first-order chi connectivity index (χ1) is 11.1. The molecule has 1 atom stereocenters. The average Bonchev–Trinajstić information content (AvgIpc) is 3.04. The number of methoxy groups -OCH3 is 1. The summed E-state index contributed by atoms with van der Waals surface area (Å²) >= 11 is 0. The smallest absolute Gasteiger partial charge is 0.220 e. The van der Waals surface area contributed by atoms with E-state index in [2.05, 4.69) is 31.3 Å². The molecule has 1 amide bonds. The number of ether oxygens (including phenoxy) is 2. The number of hydrogen-bond acceptors (Lipinski definition) is 3. The lowest BCUT2D eigenvalue weighted by atomic mass is 10.1. The van der Waals surface area contributed by atoms with Gasteiger partial charge in [0.1, 0.15) is 0 Å². The van der Waals surface area contributed by atoms with Gasteiger partial charge in [-0.1, -0.05) is 32.1 Å². The number of rotatable bonds is 8. The molecule has 4 heteroatoms. The third-order valence-electron chi connectivity index (χ3n) is 3.85. The van der Waals surface area contributed by atoms with Gasteiger partial charge in [-0.25, -0.2) is 0 Å². The molecule has 0 unspecified atom stereocenters. The summed E-state index contributed by atoms with van der Waals surface area (Å²) in [5.41, 5.74) is 1.01. The van der Waals surface area contributed by atoms with E-state index in [1.165, 1.54) is 0 Å². The Labute approximate surface area is 138 Å². The minimum absolute atomic E-state index is 0.0978. The summed E-state index contributed by atoms with van der Waals surface area (Å²) in [7, 11) is 1.63. The molecule has 1 N–H and O–H groups in total. The highest BCUT2D eigenvalue weighted by Gasteiger charge is 2.14. The maximum atomic E-state index is 12.0. The molecule has 0 aromatic heterocycles. The molecule has 0 saturated heterocycles. The Morgan fingerprint density at radius 3 is 2.83 bits per heavy atom. The van der Waals surface area contributed by atoms with Crippen LogP contribution in [0.5, 0.6) is 11.5 Å². The number of benzene rings is 1. The van der Waals surface area contributed by atoms with Crippen molar-refractivity contribution in [2.45, 2.75) is 39.7 Å². The van der Waals surface area contributed by atoms with Gasteiger partial charge in [0, 0.05) is 13.0 Å². The molecule has 0 bridgehead atoms. The van der Waals surface area contributed by atoms with Crippen LogP contribution >= 0.6 is 0 Å². The molecule has 1 aromatic rings. The zero-order chi connectivity index (χ0) is 16.7. The van der Waals surface area contributed by atoms with E-state index in [-0.39, 0.29) is 5.91 Å². The predicted octanol–water partition coefficient (Wildman–Crippen LogP) is 3.70. The van der Waals surface area contributed by atoms with Crippen LogP contribution in [0.4, 0.5) is 0 Å². The normalized spacial score (nSPS) is 16.6. The van der Waals surface area contributed by atoms with Gasteiger partial charge in [0.2, 0.25) is 5.91 Å². The second-order valence-corrected chi connectivity index (χ2v) is 6.44. The van der Waals surface area contributed by atoms with Gasteiger partial charge in [-0.2, -0.15) is 0 Å². The van der Waals surface area contributed by atoms with Crippen LogP contribution in [0.3, 0.4) is 0 Å². The Bertz CT molecular complexity index is 552. The standard InChI is InChI=1S/C19H27NO3/c1-14(2)13-23-17-9-8-16(10-18(17)22-3)12-20-19(21)11-15-6-4-5-7-15/h4,6,8-10,14-15H,5,7,11-13H2,1-3H3,(H,20,21)/t15-/m0/s1. The lowest BCUT2D eigenvalue weighted by Gasteiger charge is -2.14. The Hall–Kier alpha value is -1.97. The summed E-state index contributed by atoms with van der Waals surface area (Å²) in [6.07, 6.45) is 7.04. The van der Waals surface area contributed by atoms with E-state index in [4.69, 9.17) is 9.47 Å². The van der Waals surface area contributed by atoms with E-state index < -0.39 is 0 Å². The topological polar surface area (TPSA) is 47.6 Å². The van der Waals surface area contributed by atoms with Gasteiger partial charge in [-0.3, -0.25) is 4.79 Å². The first-order valence-electron chi connectivity index (χ1n) is 8.31. The average molecular weight is 317 g/mol. The molecule has 1 aromatic carbocycles. The molecule has 2 rings (SSSR count). The second-order valence-electron chi connectivity index (χ2n) is 6.44. The van der Waals surface area contributed by atoms with Gasteiger partial charge < -0.3 is 14.8 Å². The molecule has 1 aliphatic rings. The predicted molar refractivity (Wildman–Crippen MR) is 91.7 cm³/mol. The van der Waals surface area contributed by atoms with Crippen LogP contribution in [0.2, 0.25) is 0 Å². The number of amides is 1. The zero-order valence-corrected chi connectivity index (χ0v) is 14.3. The van der Waals surface area contributed by atoms with Gasteiger partial charge in [0.25, 0.3) is 0 Å². The first kappa shape index (κ1) is 17.4. The SMILES string of the molecule is COc1cc(CNC(=O)C[C@H]2C=CCC2)ccc1OCC(C)C. The maximum Gasteiger partial charge on any atom is 0.220 e. The van der Waals surface area contributed by atoms with Crippen molar-refractivity contribution in [1.82, 2.24) is 5.32 Å². The molecule has 0 radical (unpaired) electrons. The number of allylic oxidation sites excluding steroid dienone is 2. The lowest BCUT2D eigenvalue weighted by Crippen LogP contribution is -2.24. The highest BCUT2D eigenvalue weighted by molar-refractivity contribution is 5.76. The Morgan fingerprint density at radius 1 is 1.35 bits per heavy atom. The molecular weight excluding hydrogens is 290 g/mol. The van der Waals surface area contributed by atoms with Crippen LogP contribution in [0, 0.1) is 11.8 Å². The molecule has 126 valence electrons. The van der Waals surface area contributed by atoms with Crippen LogP contribution in [-0.2, 0) is 11.3 Å². The molecule has 0 aliphatic heterocycles. The minimum atomic E-state index is 0.0978. The molecule has 0 heterocycles. The maximum absolute atomic E-state index is 12.0. The van der Waals surface area contributed by atoms with Gasteiger partial charge in [0.15, 0.2) is 11.5 Å². The fraction of sp³-hybridized carbons (Fsp3) is 0.526. The molecule has 0 spiro atoms. The van der Waals surface area contributed by atoms with Gasteiger partial charge in [-0.15, -0.1) is 0 Å². The molecule has 23 heavy (non-hydrogen) atoms. The van der Waals surface area contributed by atoms with Crippen LogP contribution < -0.4 is 14.8 Å². The molecule has 0 fully saturated rings. The fourth-order valence-electron chi connectivity index (χ4n) is 2.57. The summed E-state index contributed by atoms with van der Waals surface area (Å²) in [6.45, 7) is 5.38. The van der Waals surface area contributed by atoms with E-state index in [1.54, 1.807) is 7.11 Å².